The molecule has 2 heterocycles. The minimum absolute atomic E-state index is 0.0310. The summed E-state index contributed by atoms with van der Waals surface area (Å²) >= 11 is 0. The largest absolute Gasteiger partial charge is 0.347 e. The normalized spacial score (nSPS) is 19.1. The number of fused-ring (bicyclic) bond motifs is 1. The highest BCUT2D eigenvalue weighted by molar-refractivity contribution is 6.03. The number of rotatable bonds is 3. The molecule has 1 fully saturated rings. The number of amides is 3. The Hall–Kier alpha value is -2.63. The SMILES string of the molecule is C=CC(=O)N1CCCc2cc(C(=O)N3CCC[C@H]3C(=O)N(C)C)ccc21. The third kappa shape index (κ3) is 3.23. The molecular weight excluding hydrogens is 330 g/mol. The van der Waals surface area contributed by atoms with E-state index in [1.54, 1.807) is 34.9 Å². The van der Waals surface area contributed by atoms with Crippen molar-refractivity contribution in [2.45, 2.75) is 31.7 Å². The lowest BCUT2D eigenvalue weighted by Gasteiger charge is -2.30. The van der Waals surface area contributed by atoms with Crippen LogP contribution < -0.4 is 4.90 Å². The number of carbonyl (C=O) groups is 3. The lowest BCUT2D eigenvalue weighted by atomic mass is 9.98. The number of aryl methyl sites for hydroxylation is 1. The Bertz CT molecular complexity index is 757. The minimum Gasteiger partial charge on any atom is -0.347 e. The quantitative estimate of drug-likeness (QED) is 0.778. The van der Waals surface area contributed by atoms with Gasteiger partial charge in [-0.2, -0.15) is 0 Å². The molecule has 0 aromatic heterocycles. The zero-order valence-electron chi connectivity index (χ0n) is 15.4. The number of anilines is 1. The van der Waals surface area contributed by atoms with Crippen LogP contribution in [-0.2, 0) is 16.0 Å². The van der Waals surface area contributed by atoms with Crippen molar-refractivity contribution >= 4 is 23.4 Å². The van der Waals surface area contributed by atoms with Gasteiger partial charge in [-0.1, -0.05) is 6.58 Å². The van der Waals surface area contributed by atoms with Crippen LogP contribution in [0.25, 0.3) is 0 Å². The molecule has 3 rings (SSSR count). The van der Waals surface area contributed by atoms with E-state index < -0.39 is 0 Å². The third-order valence-electron chi connectivity index (χ3n) is 5.13. The number of carbonyl (C=O) groups excluding carboxylic acids is 3. The topological polar surface area (TPSA) is 60.9 Å². The molecule has 6 heteroatoms. The van der Waals surface area contributed by atoms with E-state index in [-0.39, 0.29) is 23.8 Å². The summed E-state index contributed by atoms with van der Waals surface area (Å²) in [5.41, 5.74) is 2.42. The first kappa shape index (κ1) is 18.2. The molecule has 1 saturated heterocycles. The smallest absolute Gasteiger partial charge is 0.254 e. The summed E-state index contributed by atoms with van der Waals surface area (Å²) in [5, 5.41) is 0. The Balaban J connectivity index is 1.86. The number of likely N-dealkylation sites (N-methyl/N-ethyl adjacent to an activating group) is 1. The fourth-order valence-electron chi connectivity index (χ4n) is 3.80. The van der Waals surface area contributed by atoms with Gasteiger partial charge in [-0.25, -0.2) is 0 Å². The Labute approximate surface area is 154 Å². The van der Waals surface area contributed by atoms with Crippen molar-refractivity contribution in [2.75, 3.05) is 32.1 Å². The Morgan fingerprint density at radius 3 is 2.65 bits per heavy atom. The standard InChI is InChI=1S/C20H25N3O3/c1-4-18(24)22-11-5-7-14-13-15(9-10-16(14)22)19(25)23-12-6-8-17(23)20(26)21(2)3/h4,9-10,13,17H,1,5-8,11-12H2,2-3H3/t17-/m0/s1. The van der Waals surface area contributed by atoms with Gasteiger partial charge < -0.3 is 14.7 Å². The number of nitrogens with zero attached hydrogens (tertiary/aromatic N) is 3. The van der Waals surface area contributed by atoms with Gasteiger partial charge in [0.05, 0.1) is 0 Å². The molecule has 1 atom stereocenters. The molecule has 138 valence electrons. The Kier molecular flexibility index (Phi) is 5.11. The predicted molar refractivity (Wildman–Crippen MR) is 100 cm³/mol. The van der Waals surface area contributed by atoms with Gasteiger partial charge >= 0.3 is 0 Å². The number of hydrogen-bond donors (Lipinski definition) is 0. The van der Waals surface area contributed by atoms with Crippen LogP contribution in [0.15, 0.2) is 30.9 Å². The highest BCUT2D eigenvalue weighted by Gasteiger charge is 2.35. The molecule has 0 aliphatic carbocycles. The maximum atomic E-state index is 13.0. The van der Waals surface area contributed by atoms with Gasteiger partial charge in [0.25, 0.3) is 5.91 Å². The molecule has 0 N–H and O–H groups in total. The lowest BCUT2D eigenvalue weighted by Crippen LogP contribution is -2.45. The molecule has 0 spiro atoms. The summed E-state index contributed by atoms with van der Waals surface area (Å²) in [6.07, 6.45) is 4.54. The second-order valence-electron chi connectivity index (χ2n) is 7.03. The average molecular weight is 355 g/mol. The summed E-state index contributed by atoms with van der Waals surface area (Å²) < 4.78 is 0. The highest BCUT2D eigenvalue weighted by atomic mass is 16.2. The van der Waals surface area contributed by atoms with Crippen LogP contribution in [0.1, 0.15) is 35.2 Å². The molecule has 6 nitrogen and oxygen atoms in total. The van der Waals surface area contributed by atoms with Gasteiger partial charge in [0.15, 0.2) is 0 Å². The summed E-state index contributed by atoms with van der Waals surface area (Å²) in [6.45, 7) is 4.82. The Morgan fingerprint density at radius 2 is 1.96 bits per heavy atom. The third-order valence-corrected chi connectivity index (χ3v) is 5.13. The summed E-state index contributed by atoms with van der Waals surface area (Å²) in [7, 11) is 3.43. The molecule has 0 saturated carbocycles. The van der Waals surface area contributed by atoms with Crippen LogP contribution in [0.4, 0.5) is 5.69 Å². The van der Waals surface area contributed by atoms with Crippen molar-refractivity contribution < 1.29 is 14.4 Å². The fourth-order valence-corrected chi connectivity index (χ4v) is 3.80. The molecule has 3 amide bonds. The van der Waals surface area contributed by atoms with E-state index in [0.29, 0.717) is 25.1 Å². The van der Waals surface area contributed by atoms with Crippen LogP contribution in [-0.4, -0.2) is 60.7 Å². The van der Waals surface area contributed by atoms with Crippen molar-refractivity contribution in [2.24, 2.45) is 0 Å². The van der Waals surface area contributed by atoms with E-state index in [9.17, 15) is 14.4 Å². The van der Waals surface area contributed by atoms with Gasteiger partial charge in [-0.3, -0.25) is 14.4 Å². The zero-order chi connectivity index (χ0) is 18.8. The van der Waals surface area contributed by atoms with Crippen molar-refractivity contribution in [3.8, 4) is 0 Å². The lowest BCUT2D eigenvalue weighted by molar-refractivity contribution is -0.132. The maximum absolute atomic E-state index is 13.0. The Morgan fingerprint density at radius 1 is 1.19 bits per heavy atom. The van der Waals surface area contributed by atoms with E-state index in [0.717, 1.165) is 30.5 Å². The summed E-state index contributed by atoms with van der Waals surface area (Å²) in [4.78, 5) is 42.3. The first-order valence-electron chi connectivity index (χ1n) is 9.03. The molecular formula is C20H25N3O3. The first-order valence-corrected chi connectivity index (χ1v) is 9.03. The van der Waals surface area contributed by atoms with E-state index in [4.69, 9.17) is 0 Å². The number of likely N-dealkylation sites (tertiary alicyclic amines) is 1. The van der Waals surface area contributed by atoms with Gasteiger partial charge in [-0.05, 0) is 55.5 Å². The maximum Gasteiger partial charge on any atom is 0.254 e. The molecule has 2 aliphatic rings. The molecule has 0 unspecified atom stereocenters. The predicted octanol–water partition coefficient (Wildman–Crippen LogP) is 1.84. The number of benzene rings is 1. The number of hydrogen-bond acceptors (Lipinski definition) is 3. The molecule has 1 aromatic carbocycles. The van der Waals surface area contributed by atoms with Crippen LogP contribution in [0, 0.1) is 0 Å². The summed E-state index contributed by atoms with van der Waals surface area (Å²) in [6, 6.07) is 5.08. The van der Waals surface area contributed by atoms with Crippen LogP contribution in [0.5, 0.6) is 0 Å². The molecule has 1 aromatic rings. The fraction of sp³-hybridized carbons (Fsp3) is 0.450. The van der Waals surface area contributed by atoms with E-state index in [2.05, 4.69) is 6.58 Å². The first-order chi connectivity index (χ1) is 12.4. The van der Waals surface area contributed by atoms with E-state index in [1.807, 2.05) is 12.1 Å². The molecule has 2 aliphatic heterocycles. The van der Waals surface area contributed by atoms with E-state index >= 15 is 0 Å². The van der Waals surface area contributed by atoms with Crippen molar-refractivity contribution in [3.05, 3.63) is 42.0 Å². The minimum atomic E-state index is -0.382. The molecule has 0 bridgehead atoms. The van der Waals surface area contributed by atoms with Crippen molar-refractivity contribution in [1.29, 1.82) is 0 Å². The monoisotopic (exact) mass is 355 g/mol. The second kappa shape index (κ2) is 7.32. The highest BCUT2D eigenvalue weighted by Crippen LogP contribution is 2.30. The zero-order valence-corrected chi connectivity index (χ0v) is 15.4. The van der Waals surface area contributed by atoms with Gasteiger partial charge in [0.1, 0.15) is 6.04 Å². The summed E-state index contributed by atoms with van der Waals surface area (Å²) in [5.74, 6) is -0.268. The van der Waals surface area contributed by atoms with Gasteiger partial charge in [0, 0.05) is 38.4 Å². The van der Waals surface area contributed by atoms with Crippen LogP contribution >= 0.6 is 0 Å². The molecule has 0 radical (unpaired) electrons. The van der Waals surface area contributed by atoms with Crippen LogP contribution in [0.3, 0.4) is 0 Å². The van der Waals surface area contributed by atoms with Gasteiger partial charge in [0.2, 0.25) is 11.8 Å². The second-order valence-corrected chi connectivity index (χ2v) is 7.03. The van der Waals surface area contributed by atoms with Crippen molar-refractivity contribution in [1.82, 2.24) is 9.80 Å². The van der Waals surface area contributed by atoms with E-state index in [1.165, 1.54) is 6.08 Å². The molecule has 26 heavy (non-hydrogen) atoms. The van der Waals surface area contributed by atoms with Crippen LogP contribution in [0.2, 0.25) is 0 Å². The van der Waals surface area contributed by atoms with Crippen molar-refractivity contribution in [3.63, 3.8) is 0 Å². The average Bonchev–Trinajstić information content (AvgIpc) is 3.14. The van der Waals surface area contributed by atoms with Gasteiger partial charge in [-0.15, -0.1) is 0 Å².